The smallest absolute Gasteiger partial charge is 0.277 e. The highest BCUT2D eigenvalue weighted by Crippen LogP contribution is 2.31. The number of nitrogens with zero attached hydrogens (tertiary/aromatic N) is 1. The molecule has 2 N–H and O–H groups in total. The van der Waals surface area contributed by atoms with Crippen LogP contribution in [0.25, 0.3) is 22.4 Å². The van der Waals surface area contributed by atoms with E-state index in [1.807, 2.05) is 72.8 Å². The van der Waals surface area contributed by atoms with Gasteiger partial charge < -0.3 is 5.32 Å². The Bertz CT molecular complexity index is 1200. The molecule has 4 aromatic rings. The van der Waals surface area contributed by atoms with Gasteiger partial charge in [-0.15, -0.1) is 0 Å². The normalized spacial score (nSPS) is 10.5. The number of aromatic nitrogens is 2. The molecule has 0 saturated heterocycles. The Hall–Kier alpha value is -3.51. The Labute approximate surface area is 175 Å². The van der Waals surface area contributed by atoms with Gasteiger partial charge in [-0.2, -0.15) is 5.10 Å². The van der Waals surface area contributed by atoms with Crippen molar-refractivity contribution in [1.29, 1.82) is 0 Å². The minimum absolute atomic E-state index is 0.0213. The van der Waals surface area contributed by atoms with Crippen molar-refractivity contribution in [1.82, 2.24) is 10.2 Å². The lowest BCUT2D eigenvalue weighted by Gasteiger charge is -2.14. The van der Waals surface area contributed by atoms with Crippen LogP contribution in [-0.4, -0.2) is 16.1 Å². The number of hydrogen-bond donors (Lipinski definition) is 2. The van der Waals surface area contributed by atoms with E-state index >= 15 is 0 Å². The van der Waals surface area contributed by atoms with E-state index in [4.69, 9.17) is 0 Å². The lowest BCUT2D eigenvalue weighted by Crippen LogP contribution is -2.26. The second kappa shape index (κ2) is 8.24. The predicted molar refractivity (Wildman–Crippen MR) is 118 cm³/mol. The first kappa shape index (κ1) is 18.8. The number of benzene rings is 3. The van der Waals surface area contributed by atoms with Crippen LogP contribution in [0.5, 0.6) is 0 Å². The molecule has 0 aliphatic heterocycles. The van der Waals surface area contributed by atoms with Crippen molar-refractivity contribution >= 4 is 27.5 Å². The van der Waals surface area contributed by atoms with Gasteiger partial charge in [-0.25, -0.2) is 5.10 Å². The fourth-order valence-corrected chi connectivity index (χ4v) is 3.35. The van der Waals surface area contributed by atoms with Gasteiger partial charge >= 0.3 is 0 Å². The number of nitrogens with one attached hydrogen (secondary N) is 2. The van der Waals surface area contributed by atoms with Crippen LogP contribution < -0.4 is 10.9 Å². The molecule has 0 saturated carbocycles. The molecule has 0 fully saturated rings. The van der Waals surface area contributed by atoms with Crippen LogP contribution in [-0.2, 0) is 0 Å². The maximum absolute atomic E-state index is 13.1. The molecule has 6 heteroatoms. The quantitative estimate of drug-likeness (QED) is 0.457. The molecule has 29 heavy (non-hydrogen) atoms. The number of carbonyl (C=O) groups excluding carboxylic acids is 1. The summed E-state index contributed by atoms with van der Waals surface area (Å²) in [5.41, 5.74) is 2.65. The molecule has 0 spiro atoms. The fraction of sp³-hybridized carbons (Fsp3) is 0. The number of carbonyl (C=O) groups is 1. The SMILES string of the molecule is O=C(Nc1ccc(Br)cc1)c1c(-c2ccccc2)c(-c2ccccc2)n[nH]c1=O. The van der Waals surface area contributed by atoms with E-state index in [0.29, 0.717) is 16.9 Å². The number of anilines is 1. The Morgan fingerprint density at radius 2 is 1.41 bits per heavy atom. The van der Waals surface area contributed by atoms with Gasteiger partial charge in [0.1, 0.15) is 5.56 Å². The second-order valence-corrected chi connectivity index (χ2v) is 7.26. The highest BCUT2D eigenvalue weighted by atomic mass is 79.9. The maximum atomic E-state index is 13.1. The molecule has 1 heterocycles. The summed E-state index contributed by atoms with van der Waals surface area (Å²) in [6, 6.07) is 26.0. The minimum Gasteiger partial charge on any atom is -0.322 e. The monoisotopic (exact) mass is 445 g/mol. The standard InChI is InChI=1S/C23H16BrN3O2/c24-17-11-13-18(14-12-17)25-22(28)20-19(15-7-3-1-4-8-15)21(26-27-23(20)29)16-9-5-2-6-10-16/h1-14H,(H,25,28)(H,27,29). The van der Waals surface area contributed by atoms with E-state index in [-0.39, 0.29) is 5.56 Å². The summed E-state index contributed by atoms with van der Waals surface area (Å²) in [7, 11) is 0. The van der Waals surface area contributed by atoms with Crippen LogP contribution in [0.3, 0.4) is 0 Å². The molecule has 3 aromatic carbocycles. The number of hydrogen-bond acceptors (Lipinski definition) is 3. The summed E-state index contributed by atoms with van der Waals surface area (Å²) in [6.07, 6.45) is 0. The van der Waals surface area contributed by atoms with Gasteiger partial charge in [0, 0.05) is 21.3 Å². The van der Waals surface area contributed by atoms with Crippen LogP contribution in [0.2, 0.25) is 0 Å². The first-order valence-electron chi connectivity index (χ1n) is 8.94. The Balaban J connectivity index is 1.89. The first-order chi connectivity index (χ1) is 14.1. The van der Waals surface area contributed by atoms with Crippen LogP contribution in [0, 0.1) is 0 Å². The number of rotatable bonds is 4. The zero-order valence-corrected chi connectivity index (χ0v) is 16.8. The van der Waals surface area contributed by atoms with Gasteiger partial charge in [-0.05, 0) is 29.8 Å². The zero-order valence-electron chi connectivity index (χ0n) is 15.2. The van der Waals surface area contributed by atoms with Crippen molar-refractivity contribution in [2.24, 2.45) is 0 Å². The van der Waals surface area contributed by atoms with Crippen LogP contribution >= 0.6 is 15.9 Å². The molecular weight excluding hydrogens is 430 g/mol. The summed E-state index contributed by atoms with van der Waals surface area (Å²) in [5.74, 6) is -0.494. The number of H-pyrrole nitrogens is 1. The molecule has 0 radical (unpaired) electrons. The van der Waals surface area contributed by atoms with Gasteiger partial charge in [0.05, 0.1) is 5.69 Å². The molecule has 4 rings (SSSR count). The average Bonchev–Trinajstić information content (AvgIpc) is 2.76. The molecule has 1 aromatic heterocycles. The maximum Gasteiger partial charge on any atom is 0.277 e. The van der Waals surface area contributed by atoms with Crippen LogP contribution in [0.15, 0.2) is 94.2 Å². The van der Waals surface area contributed by atoms with E-state index < -0.39 is 11.5 Å². The molecule has 142 valence electrons. The summed E-state index contributed by atoms with van der Waals surface area (Å²) in [5, 5.41) is 9.55. The lowest BCUT2D eigenvalue weighted by atomic mass is 9.95. The highest BCUT2D eigenvalue weighted by molar-refractivity contribution is 9.10. The predicted octanol–water partition coefficient (Wildman–Crippen LogP) is 5.12. The van der Waals surface area contributed by atoms with Crippen molar-refractivity contribution < 1.29 is 4.79 Å². The van der Waals surface area contributed by atoms with Gasteiger partial charge in [0.2, 0.25) is 0 Å². The summed E-state index contributed by atoms with van der Waals surface area (Å²) in [6.45, 7) is 0. The summed E-state index contributed by atoms with van der Waals surface area (Å²) >= 11 is 3.37. The molecule has 1 amide bonds. The van der Waals surface area contributed by atoms with Crippen LogP contribution in [0.4, 0.5) is 5.69 Å². The first-order valence-corrected chi connectivity index (χ1v) is 9.73. The highest BCUT2D eigenvalue weighted by Gasteiger charge is 2.23. The number of halogens is 1. The van der Waals surface area contributed by atoms with Crippen molar-refractivity contribution in [3.05, 3.63) is 105 Å². The van der Waals surface area contributed by atoms with Gasteiger partial charge in [-0.1, -0.05) is 76.6 Å². The van der Waals surface area contributed by atoms with Crippen molar-refractivity contribution in [3.63, 3.8) is 0 Å². The third-order valence-electron chi connectivity index (χ3n) is 4.42. The van der Waals surface area contributed by atoms with Crippen molar-refractivity contribution in [2.45, 2.75) is 0 Å². The molecule has 0 unspecified atom stereocenters. The summed E-state index contributed by atoms with van der Waals surface area (Å²) in [4.78, 5) is 25.8. The third kappa shape index (κ3) is 4.02. The largest absolute Gasteiger partial charge is 0.322 e. The van der Waals surface area contributed by atoms with E-state index in [2.05, 4.69) is 31.4 Å². The molecule has 0 atom stereocenters. The van der Waals surface area contributed by atoms with E-state index in [1.165, 1.54) is 0 Å². The Morgan fingerprint density at radius 1 is 0.828 bits per heavy atom. The van der Waals surface area contributed by atoms with E-state index in [1.54, 1.807) is 12.1 Å². The lowest BCUT2D eigenvalue weighted by molar-refractivity contribution is 0.102. The van der Waals surface area contributed by atoms with Crippen molar-refractivity contribution in [2.75, 3.05) is 5.32 Å². The number of amides is 1. The Kier molecular flexibility index (Phi) is 5.35. The molecule has 0 bridgehead atoms. The van der Waals surface area contributed by atoms with Gasteiger partial charge in [0.15, 0.2) is 0 Å². The molecule has 0 aliphatic rings. The summed E-state index contributed by atoms with van der Waals surface area (Å²) < 4.78 is 0.897. The number of aromatic amines is 1. The Morgan fingerprint density at radius 3 is 2.03 bits per heavy atom. The third-order valence-corrected chi connectivity index (χ3v) is 4.95. The average molecular weight is 446 g/mol. The minimum atomic E-state index is -0.543. The van der Waals surface area contributed by atoms with Gasteiger partial charge in [-0.3, -0.25) is 9.59 Å². The van der Waals surface area contributed by atoms with E-state index in [0.717, 1.165) is 15.6 Å². The zero-order chi connectivity index (χ0) is 20.2. The fourth-order valence-electron chi connectivity index (χ4n) is 3.08. The molecular formula is C23H16BrN3O2. The molecule has 0 aliphatic carbocycles. The second-order valence-electron chi connectivity index (χ2n) is 6.34. The topological polar surface area (TPSA) is 74.8 Å². The van der Waals surface area contributed by atoms with Gasteiger partial charge in [0.25, 0.3) is 11.5 Å². The van der Waals surface area contributed by atoms with E-state index in [9.17, 15) is 9.59 Å². The van der Waals surface area contributed by atoms with Crippen LogP contribution in [0.1, 0.15) is 10.4 Å². The molecule has 5 nitrogen and oxygen atoms in total. The van der Waals surface area contributed by atoms with Crippen molar-refractivity contribution in [3.8, 4) is 22.4 Å².